The minimum Gasteiger partial charge on any atom is -0.356 e. The minimum atomic E-state index is -3.09. The van der Waals surface area contributed by atoms with E-state index in [0.29, 0.717) is 31.0 Å². The lowest BCUT2D eigenvalue weighted by atomic mass is 10.1. The van der Waals surface area contributed by atoms with E-state index >= 15 is 0 Å². The van der Waals surface area contributed by atoms with Gasteiger partial charge in [0.25, 0.3) is 0 Å². The van der Waals surface area contributed by atoms with Gasteiger partial charge in [0.1, 0.15) is 0 Å². The summed E-state index contributed by atoms with van der Waals surface area (Å²) in [5, 5.41) is 6.74. The van der Waals surface area contributed by atoms with Crippen molar-refractivity contribution in [3.8, 4) is 0 Å². The van der Waals surface area contributed by atoms with Crippen molar-refractivity contribution in [1.82, 2.24) is 15.5 Å². The number of nitrogens with one attached hydrogen (secondary N) is 2. The van der Waals surface area contributed by atoms with Gasteiger partial charge in [-0.2, -0.15) is 0 Å². The molecule has 2 rings (SSSR count). The van der Waals surface area contributed by atoms with Gasteiger partial charge in [-0.3, -0.25) is 9.89 Å². The van der Waals surface area contributed by atoms with Crippen LogP contribution in [-0.4, -0.2) is 63.8 Å². The Morgan fingerprint density at radius 1 is 1.25 bits per heavy atom. The molecule has 8 heteroatoms. The predicted octanol–water partition coefficient (Wildman–Crippen LogP) is 2.50. The molecule has 1 saturated heterocycles. The fourth-order valence-corrected chi connectivity index (χ4v) is 4.81. The fraction of sp³-hybridized carbons (Fsp3) is 0.650. The summed E-state index contributed by atoms with van der Waals surface area (Å²) in [5.41, 5.74) is 0.841. The van der Waals surface area contributed by atoms with E-state index in [4.69, 9.17) is 0 Å². The van der Waals surface area contributed by atoms with Gasteiger partial charge >= 0.3 is 0 Å². The van der Waals surface area contributed by atoms with E-state index in [9.17, 15) is 8.42 Å². The third-order valence-electron chi connectivity index (χ3n) is 5.07. The molecule has 1 fully saturated rings. The van der Waals surface area contributed by atoms with Gasteiger partial charge in [-0.25, -0.2) is 8.42 Å². The molecule has 1 aromatic rings. The highest BCUT2D eigenvalue weighted by atomic mass is 127. The first-order valence-electron chi connectivity index (χ1n) is 9.76. The SMILES string of the molecule is CN=C(NCCCS(=O)(=O)Cc1ccccc1)NC1CN(C(C)C)CC1C.I. The quantitative estimate of drug-likeness (QED) is 0.238. The smallest absolute Gasteiger partial charge is 0.191 e. The topological polar surface area (TPSA) is 73.8 Å². The van der Waals surface area contributed by atoms with Crippen molar-refractivity contribution in [1.29, 1.82) is 0 Å². The lowest BCUT2D eigenvalue weighted by Gasteiger charge is -2.22. The maximum absolute atomic E-state index is 12.3. The summed E-state index contributed by atoms with van der Waals surface area (Å²) >= 11 is 0. The zero-order valence-corrected chi connectivity index (χ0v) is 20.5. The van der Waals surface area contributed by atoms with Gasteiger partial charge in [0.15, 0.2) is 15.8 Å². The molecule has 28 heavy (non-hydrogen) atoms. The van der Waals surface area contributed by atoms with Gasteiger partial charge < -0.3 is 10.6 Å². The number of rotatable bonds is 8. The van der Waals surface area contributed by atoms with Crippen LogP contribution in [0, 0.1) is 5.92 Å². The van der Waals surface area contributed by atoms with Crippen molar-refractivity contribution < 1.29 is 8.42 Å². The van der Waals surface area contributed by atoms with E-state index in [0.717, 1.165) is 24.6 Å². The Bertz CT molecular complexity index is 710. The second-order valence-electron chi connectivity index (χ2n) is 7.71. The van der Waals surface area contributed by atoms with Crippen LogP contribution in [0.2, 0.25) is 0 Å². The summed E-state index contributed by atoms with van der Waals surface area (Å²) < 4.78 is 24.5. The van der Waals surface area contributed by atoms with E-state index in [-0.39, 0.29) is 35.5 Å². The Kier molecular flexibility index (Phi) is 10.8. The summed E-state index contributed by atoms with van der Waals surface area (Å²) in [4.78, 5) is 6.75. The molecule has 1 heterocycles. The van der Waals surface area contributed by atoms with Gasteiger partial charge in [0.05, 0.1) is 11.5 Å². The highest BCUT2D eigenvalue weighted by molar-refractivity contribution is 14.0. The van der Waals surface area contributed by atoms with Gasteiger partial charge in [0, 0.05) is 38.8 Å². The van der Waals surface area contributed by atoms with Crippen LogP contribution in [0.1, 0.15) is 32.8 Å². The van der Waals surface area contributed by atoms with Crippen molar-refractivity contribution in [2.24, 2.45) is 10.9 Å². The molecule has 0 bridgehead atoms. The van der Waals surface area contributed by atoms with E-state index < -0.39 is 9.84 Å². The monoisotopic (exact) mass is 522 g/mol. The fourth-order valence-electron chi connectivity index (χ4n) is 3.38. The van der Waals surface area contributed by atoms with Gasteiger partial charge in [-0.1, -0.05) is 37.3 Å². The highest BCUT2D eigenvalue weighted by Gasteiger charge is 2.31. The van der Waals surface area contributed by atoms with Crippen LogP contribution in [-0.2, 0) is 15.6 Å². The average Bonchev–Trinajstić information content (AvgIpc) is 2.99. The molecular weight excluding hydrogens is 487 g/mol. The second kappa shape index (κ2) is 12.0. The van der Waals surface area contributed by atoms with Crippen molar-refractivity contribution in [3.63, 3.8) is 0 Å². The molecule has 1 aliphatic rings. The Hall–Kier alpha value is -0.870. The maximum Gasteiger partial charge on any atom is 0.191 e. The molecule has 160 valence electrons. The standard InChI is InChI=1S/C20H34N4O2S.HI/c1-16(2)24-13-17(3)19(14-24)23-20(21-4)22-11-8-12-27(25,26)15-18-9-6-5-7-10-18;/h5-7,9-10,16-17,19H,8,11-15H2,1-4H3,(H2,21,22,23);1H. The van der Waals surface area contributed by atoms with E-state index in [1.807, 2.05) is 30.3 Å². The zero-order chi connectivity index (χ0) is 19.9. The summed E-state index contributed by atoms with van der Waals surface area (Å²) in [6.07, 6.45) is 0.564. The van der Waals surface area contributed by atoms with E-state index in [1.165, 1.54) is 0 Å². The number of hydrogen-bond donors (Lipinski definition) is 2. The van der Waals surface area contributed by atoms with Gasteiger partial charge in [-0.05, 0) is 31.7 Å². The molecule has 1 aromatic carbocycles. The summed E-state index contributed by atoms with van der Waals surface area (Å²) in [6, 6.07) is 10.2. The number of benzene rings is 1. The van der Waals surface area contributed by atoms with E-state index in [1.54, 1.807) is 7.05 Å². The van der Waals surface area contributed by atoms with Crippen LogP contribution in [0.25, 0.3) is 0 Å². The molecule has 6 nitrogen and oxygen atoms in total. The van der Waals surface area contributed by atoms with Gasteiger partial charge in [-0.15, -0.1) is 24.0 Å². The molecule has 0 radical (unpaired) electrons. The lowest BCUT2D eigenvalue weighted by Crippen LogP contribution is -2.47. The van der Waals surface area contributed by atoms with Crippen LogP contribution in [0.5, 0.6) is 0 Å². The molecule has 0 saturated carbocycles. The number of sulfone groups is 1. The zero-order valence-electron chi connectivity index (χ0n) is 17.4. The largest absolute Gasteiger partial charge is 0.356 e. The van der Waals surface area contributed by atoms with Crippen molar-refractivity contribution in [2.45, 2.75) is 45.0 Å². The highest BCUT2D eigenvalue weighted by Crippen LogP contribution is 2.18. The second-order valence-corrected chi connectivity index (χ2v) is 9.89. The normalized spacial score (nSPS) is 20.8. The average molecular weight is 522 g/mol. The lowest BCUT2D eigenvalue weighted by molar-refractivity contribution is 0.265. The summed E-state index contributed by atoms with van der Waals surface area (Å²) in [6.45, 7) is 9.37. The molecule has 2 unspecified atom stereocenters. The molecule has 0 aliphatic carbocycles. The summed E-state index contributed by atoms with van der Waals surface area (Å²) in [7, 11) is -1.34. The number of nitrogens with zero attached hydrogens (tertiary/aromatic N) is 2. The van der Waals surface area contributed by atoms with Crippen molar-refractivity contribution >= 4 is 39.8 Å². The number of aliphatic imine (C=N–C) groups is 1. The molecular formula is C20H35IN4O2S. The third kappa shape index (κ3) is 8.24. The van der Waals surface area contributed by atoms with Crippen LogP contribution >= 0.6 is 24.0 Å². The molecule has 1 aliphatic heterocycles. The Morgan fingerprint density at radius 2 is 1.93 bits per heavy atom. The van der Waals surface area contributed by atoms with Crippen LogP contribution in [0.3, 0.4) is 0 Å². The molecule has 2 atom stereocenters. The van der Waals surface area contributed by atoms with Crippen LogP contribution in [0.4, 0.5) is 0 Å². The van der Waals surface area contributed by atoms with Crippen LogP contribution < -0.4 is 10.6 Å². The first kappa shape index (κ1) is 25.2. The summed E-state index contributed by atoms with van der Waals surface area (Å²) in [5.74, 6) is 1.58. The minimum absolute atomic E-state index is 0. The molecule has 2 N–H and O–H groups in total. The molecule has 0 spiro atoms. The number of halogens is 1. The first-order chi connectivity index (χ1) is 12.8. The Morgan fingerprint density at radius 3 is 2.50 bits per heavy atom. The third-order valence-corrected chi connectivity index (χ3v) is 6.75. The molecule has 0 amide bonds. The number of hydrogen-bond acceptors (Lipinski definition) is 4. The number of guanidine groups is 1. The first-order valence-corrected chi connectivity index (χ1v) is 11.6. The predicted molar refractivity (Wildman–Crippen MR) is 128 cm³/mol. The number of likely N-dealkylation sites (tertiary alicyclic amines) is 1. The van der Waals surface area contributed by atoms with Gasteiger partial charge in [0.2, 0.25) is 0 Å². The maximum atomic E-state index is 12.3. The van der Waals surface area contributed by atoms with Crippen LogP contribution in [0.15, 0.2) is 35.3 Å². The van der Waals surface area contributed by atoms with E-state index in [2.05, 4.69) is 41.3 Å². The van der Waals surface area contributed by atoms with Crippen molar-refractivity contribution in [2.75, 3.05) is 32.4 Å². The Labute approximate surface area is 187 Å². The Balaban J connectivity index is 0.00000392. The molecule has 0 aromatic heterocycles. The van der Waals surface area contributed by atoms with Crippen molar-refractivity contribution in [3.05, 3.63) is 35.9 Å².